The second kappa shape index (κ2) is 8.00. The summed E-state index contributed by atoms with van der Waals surface area (Å²) in [5.41, 5.74) is 0.939. The number of halogens is 1. The number of carboxylic acids is 1. The Kier molecular flexibility index (Phi) is 6.65. The van der Waals surface area contributed by atoms with Crippen LogP contribution >= 0.6 is 0 Å². The molecule has 0 aliphatic rings. The van der Waals surface area contributed by atoms with Crippen LogP contribution in [0.4, 0.5) is 4.39 Å². The van der Waals surface area contributed by atoms with Crippen LogP contribution in [0.5, 0.6) is 0 Å². The van der Waals surface area contributed by atoms with Gasteiger partial charge < -0.3 is 10.4 Å². The molecule has 1 aromatic carbocycles. The molecule has 2 N–H and O–H groups in total. The highest BCUT2D eigenvalue weighted by atomic mass is 19.1. The predicted molar refractivity (Wildman–Crippen MR) is 78.2 cm³/mol. The van der Waals surface area contributed by atoms with Crippen LogP contribution in [0.1, 0.15) is 39.2 Å². The number of benzene rings is 1. The fourth-order valence-corrected chi connectivity index (χ4v) is 2.21. The maximum Gasteiger partial charge on any atom is 0.320 e. The molecule has 0 spiro atoms. The summed E-state index contributed by atoms with van der Waals surface area (Å²) in [4.78, 5) is 11.2. The van der Waals surface area contributed by atoms with E-state index >= 15 is 0 Å². The van der Waals surface area contributed by atoms with Crippen LogP contribution in [-0.4, -0.2) is 23.2 Å². The Morgan fingerprint density at radius 1 is 1.35 bits per heavy atom. The number of rotatable bonds is 8. The van der Waals surface area contributed by atoms with E-state index in [0.717, 1.165) is 18.4 Å². The van der Waals surface area contributed by atoms with Crippen LogP contribution in [0.15, 0.2) is 24.3 Å². The minimum absolute atomic E-state index is 0.0816. The second-order valence-corrected chi connectivity index (χ2v) is 5.76. The van der Waals surface area contributed by atoms with Gasteiger partial charge in [0.15, 0.2) is 0 Å². The first-order valence-corrected chi connectivity index (χ1v) is 7.11. The SMILES string of the molecule is CC(C)C[C@@H](NC(C)CCc1cccc(F)c1)C(=O)O. The van der Waals surface area contributed by atoms with Crippen molar-refractivity contribution in [1.82, 2.24) is 5.32 Å². The standard InChI is InChI=1S/C16H24FNO2/c1-11(2)9-15(16(19)20)18-12(3)7-8-13-5-4-6-14(17)10-13/h4-6,10-12,15,18H,7-9H2,1-3H3,(H,19,20)/t12?,15-/m1/s1. The van der Waals surface area contributed by atoms with Crippen LogP contribution in [0.3, 0.4) is 0 Å². The van der Waals surface area contributed by atoms with Gasteiger partial charge in [0.25, 0.3) is 0 Å². The molecule has 4 heteroatoms. The molecule has 20 heavy (non-hydrogen) atoms. The number of hydrogen-bond acceptors (Lipinski definition) is 2. The largest absolute Gasteiger partial charge is 0.480 e. The van der Waals surface area contributed by atoms with Gasteiger partial charge in [-0.15, -0.1) is 0 Å². The number of carbonyl (C=O) groups is 1. The lowest BCUT2D eigenvalue weighted by Crippen LogP contribution is -2.43. The highest BCUT2D eigenvalue weighted by Gasteiger charge is 2.20. The minimum Gasteiger partial charge on any atom is -0.480 e. The molecule has 1 aromatic rings. The normalized spacial score (nSPS) is 14.2. The van der Waals surface area contributed by atoms with E-state index in [2.05, 4.69) is 5.32 Å². The highest BCUT2D eigenvalue weighted by Crippen LogP contribution is 2.10. The Bertz CT molecular complexity index is 434. The first kappa shape index (κ1) is 16.6. The van der Waals surface area contributed by atoms with Crippen molar-refractivity contribution in [2.75, 3.05) is 0 Å². The third kappa shape index (κ3) is 6.15. The quantitative estimate of drug-likeness (QED) is 0.769. The van der Waals surface area contributed by atoms with Crippen molar-refractivity contribution in [1.29, 1.82) is 0 Å². The summed E-state index contributed by atoms with van der Waals surface area (Å²) < 4.78 is 13.1. The van der Waals surface area contributed by atoms with E-state index in [1.165, 1.54) is 12.1 Å². The molecule has 1 rings (SSSR count). The van der Waals surface area contributed by atoms with Gasteiger partial charge in [0.05, 0.1) is 0 Å². The van der Waals surface area contributed by atoms with E-state index in [1.807, 2.05) is 26.8 Å². The van der Waals surface area contributed by atoms with Crippen molar-refractivity contribution in [3.63, 3.8) is 0 Å². The first-order chi connectivity index (χ1) is 9.38. The molecule has 2 atom stereocenters. The van der Waals surface area contributed by atoms with Gasteiger partial charge in [0.1, 0.15) is 11.9 Å². The lowest BCUT2D eigenvalue weighted by atomic mass is 10.0. The molecular weight excluding hydrogens is 257 g/mol. The van der Waals surface area contributed by atoms with E-state index in [1.54, 1.807) is 6.07 Å². The van der Waals surface area contributed by atoms with E-state index in [9.17, 15) is 14.3 Å². The summed E-state index contributed by atoms with van der Waals surface area (Å²) in [6, 6.07) is 6.10. The molecule has 3 nitrogen and oxygen atoms in total. The minimum atomic E-state index is -0.809. The third-order valence-corrected chi connectivity index (χ3v) is 3.25. The van der Waals surface area contributed by atoms with Gasteiger partial charge in [0, 0.05) is 6.04 Å². The van der Waals surface area contributed by atoms with Crippen LogP contribution in [0, 0.1) is 11.7 Å². The van der Waals surface area contributed by atoms with E-state index in [4.69, 9.17) is 0 Å². The summed E-state index contributed by atoms with van der Waals surface area (Å²) in [7, 11) is 0. The van der Waals surface area contributed by atoms with Crippen molar-refractivity contribution < 1.29 is 14.3 Å². The molecule has 0 saturated carbocycles. The van der Waals surface area contributed by atoms with Crippen molar-refractivity contribution >= 4 is 5.97 Å². The average molecular weight is 281 g/mol. The Hall–Kier alpha value is -1.42. The van der Waals surface area contributed by atoms with Crippen LogP contribution in [0.2, 0.25) is 0 Å². The Balaban J connectivity index is 2.45. The summed E-state index contributed by atoms with van der Waals surface area (Å²) in [6.07, 6.45) is 2.13. The molecule has 0 aliphatic heterocycles. The summed E-state index contributed by atoms with van der Waals surface area (Å²) in [6.45, 7) is 5.99. The van der Waals surface area contributed by atoms with Crippen molar-refractivity contribution in [2.24, 2.45) is 5.92 Å². The van der Waals surface area contributed by atoms with E-state index in [0.29, 0.717) is 12.3 Å². The lowest BCUT2D eigenvalue weighted by molar-refractivity contribution is -0.140. The zero-order chi connectivity index (χ0) is 15.1. The maximum absolute atomic E-state index is 13.1. The molecule has 112 valence electrons. The Labute approximate surface area is 120 Å². The van der Waals surface area contributed by atoms with E-state index in [-0.39, 0.29) is 11.9 Å². The molecule has 0 heterocycles. The van der Waals surface area contributed by atoms with Gasteiger partial charge in [0.2, 0.25) is 0 Å². The van der Waals surface area contributed by atoms with E-state index < -0.39 is 12.0 Å². The average Bonchev–Trinajstić information content (AvgIpc) is 2.35. The predicted octanol–water partition coefficient (Wildman–Crippen LogP) is 3.24. The van der Waals surface area contributed by atoms with Gasteiger partial charge in [-0.3, -0.25) is 4.79 Å². The van der Waals surface area contributed by atoms with Gasteiger partial charge in [-0.05, 0) is 49.8 Å². The molecule has 0 radical (unpaired) electrons. The molecule has 0 aliphatic carbocycles. The number of aryl methyl sites for hydroxylation is 1. The van der Waals surface area contributed by atoms with Gasteiger partial charge in [-0.1, -0.05) is 26.0 Å². The highest BCUT2D eigenvalue weighted by molar-refractivity contribution is 5.73. The molecule has 0 amide bonds. The smallest absolute Gasteiger partial charge is 0.320 e. The van der Waals surface area contributed by atoms with Crippen LogP contribution in [-0.2, 0) is 11.2 Å². The van der Waals surface area contributed by atoms with Crippen LogP contribution < -0.4 is 5.32 Å². The Morgan fingerprint density at radius 2 is 2.05 bits per heavy atom. The second-order valence-electron chi connectivity index (χ2n) is 5.76. The number of nitrogens with one attached hydrogen (secondary N) is 1. The zero-order valence-electron chi connectivity index (χ0n) is 12.4. The number of hydrogen-bond donors (Lipinski definition) is 2. The van der Waals surface area contributed by atoms with Gasteiger partial charge in [-0.2, -0.15) is 0 Å². The third-order valence-electron chi connectivity index (χ3n) is 3.25. The molecular formula is C16H24FNO2. The molecule has 0 fully saturated rings. The summed E-state index contributed by atoms with van der Waals surface area (Å²) >= 11 is 0. The Morgan fingerprint density at radius 3 is 2.60 bits per heavy atom. The fourth-order valence-electron chi connectivity index (χ4n) is 2.21. The molecule has 1 unspecified atom stereocenters. The van der Waals surface area contributed by atoms with Crippen LogP contribution in [0.25, 0.3) is 0 Å². The van der Waals surface area contributed by atoms with Crippen molar-refractivity contribution in [2.45, 2.75) is 52.1 Å². The van der Waals surface area contributed by atoms with Crippen molar-refractivity contribution in [3.05, 3.63) is 35.6 Å². The van der Waals surface area contributed by atoms with Gasteiger partial charge >= 0.3 is 5.97 Å². The maximum atomic E-state index is 13.1. The monoisotopic (exact) mass is 281 g/mol. The molecule has 0 bridgehead atoms. The first-order valence-electron chi connectivity index (χ1n) is 7.11. The molecule has 0 aromatic heterocycles. The molecule has 0 saturated heterocycles. The lowest BCUT2D eigenvalue weighted by Gasteiger charge is -2.21. The summed E-state index contributed by atoms with van der Waals surface area (Å²) in [5, 5.41) is 12.3. The number of aliphatic carboxylic acids is 1. The zero-order valence-corrected chi connectivity index (χ0v) is 12.4. The summed E-state index contributed by atoms with van der Waals surface area (Å²) in [5.74, 6) is -0.707. The number of carboxylic acid groups (broad SMARTS) is 1. The van der Waals surface area contributed by atoms with Gasteiger partial charge in [-0.25, -0.2) is 4.39 Å². The topological polar surface area (TPSA) is 49.3 Å². The van der Waals surface area contributed by atoms with Crippen molar-refractivity contribution in [3.8, 4) is 0 Å². The fraction of sp³-hybridized carbons (Fsp3) is 0.562.